The average molecular weight is 342 g/mol. The molecule has 1 aliphatic heterocycles. The molecular formula is C19H15FO5. The Labute approximate surface area is 143 Å². The second-order valence-electron chi connectivity index (χ2n) is 5.34. The molecule has 0 saturated heterocycles. The molecule has 5 nitrogen and oxygen atoms in total. The highest BCUT2D eigenvalue weighted by Crippen LogP contribution is 2.26. The van der Waals surface area contributed by atoms with Gasteiger partial charge in [-0.25, -0.2) is 9.18 Å². The fraction of sp³-hybridized carbons (Fsp3) is 0.158. The molecule has 0 bridgehead atoms. The van der Waals surface area contributed by atoms with Gasteiger partial charge in [0.25, 0.3) is 0 Å². The molecule has 2 aromatic carbocycles. The van der Waals surface area contributed by atoms with Crippen LogP contribution in [-0.4, -0.2) is 32.1 Å². The molecule has 128 valence electrons. The third-order valence-electron chi connectivity index (χ3n) is 3.69. The van der Waals surface area contributed by atoms with Crippen molar-refractivity contribution < 1.29 is 28.2 Å². The number of carbonyl (C=O) groups excluding carboxylic acids is 2. The van der Waals surface area contributed by atoms with Crippen LogP contribution in [0, 0.1) is 5.82 Å². The molecule has 3 rings (SSSR count). The number of para-hydroxylation sites is 1. The van der Waals surface area contributed by atoms with Gasteiger partial charge in [-0.2, -0.15) is 0 Å². The normalized spacial score (nSPS) is 12.5. The molecule has 0 radical (unpaired) electrons. The van der Waals surface area contributed by atoms with E-state index < -0.39 is 24.2 Å². The van der Waals surface area contributed by atoms with Crippen LogP contribution in [0.15, 0.2) is 48.0 Å². The van der Waals surface area contributed by atoms with Crippen molar-refractivity contribution in [3.63, 3.8) is 0 Å². The number of hydrogen-bond acceptors (Lipinski definition) is 5. The van der Waals surface area contributed by atoms with E-state index in [9.17, 15) is 14.0 Å². The number of ketones is 1. The molecule has 0 fully saturated rings. The summed E-state index contributed by atoms with van der Waals surface area (Å²) in [6.07, 6.45) is 1.66. The third-order valence-corrected chi connectivity index (χ3v) is 3.69. The summed E-state index contributed by atoms with van der Waals surface area (Å²) in [7, 11) is 1.37. The number of fused-ring (bicyclic) bond motifs is 1. The van der Waals surface area contributed by atoms with Crippen molar-refractivity contribution in [2.75, 3.05) is 20.3 Å². The molecule has 0 spiro atoms. The SMILES string of the molecule is COc1ccc(F)cc1C(=O)COC(=O)C1=Cc2ccccc2OC1. The van der Waals surface area contributed by atoms with E-state index in [-0.39, 0.29) is 17.9 Å². The highest BCUT2D eigenvalue weighted by Gasteiger charge is 2.20. The molecule has 0 amide bonds. The highest BCUT2D eigenvalue weighted by molar-refractivity contribution is 6.02. The molecule has 6 heteroatoms. The van der Waals surface area contributed by atoms with Crippen LogP contribution in [0.2, 0.25) is 0 Å². The number of methoxy groups -OCH3 is 1. The van der Waals surface area contributed by atoms with Crippen molar-refractivity contribution in [2.24, 2.45) is 0 Å². The van der Waals surface area contributed by atoms with Gasteiger partial charge in [0.2, 0.25) is 5.78 Å². The molecule has 1 aliphatic rings. The number of carbonyl (C=O) groups is 2. The van der Waals surface area contributed by atoms with Crippen LogP contribution in [0.3, 0.4) is 0 Å². The van der Waals surface area contributed by atoms with Gasteiger partial charge in [0, 0.05) is 5.56 Å². The van der Waals surface area contributed by atoms with Crippen molar-refractivity contribution >= 4 is 17.8 Å². The Morgan fingerprint density at radius 3 is 2.80 bits per heavy atom. The first kappa shape index (κ1) is 16.7. The van der Waals surface area contributed by atoms with Crippen molar-refractivity contribution in [2.45, 2.75) is 0 Å². The van der Waals surface area contributed by atoms with Crippen LogP contribution in [0.5, 0.6) is 11.5 Å². The lowest BCUT2D eigenvalue weighted by Gasteiger charge is -2.17. The fourth-order valence-electron chi connectivity index (χ4n) is 2.43. The maximum absolute atomic E-state index is 13.3. The first-order valence-electron chi connectivity index (χ1n) is 7.55. The smallest absolute Gasteiger partial charge is 0.337 e. The van der Waals surface area contributed by atoms with E-state index >= 15 is 0 Å². The van der Waals surface area contributed by atoms with E-state index in [0.29, 0.717) is 11.3 Å². The second-order valence-corrected chi connectivity index (χ2v) is 5.34. The van der Waals surface area contributed by atoms with Gasteiger partial charge in [-0.1, -0.05) is 18.2 Å². The number of hydrogen-bond donors (Lipinski definition) is 0. The zero-order valence-electron chi connectivity index (χ0n) is 13.5. The van der Waals surface area contributed by atoms with Crippen LogP contribution in [0.25, 0.3) is 6.08 Å². The maximum atomic E-state index is 13.3. The second kappa shape index (κ2) is 7.17. The summed E-state index contributed by atoms with van der Waals surface area (Å²) in [6.45, 7) is -0.453. The predicted molar refractivity (Wildman–Crippen MR) is 88.2 cm³/mol. The molecule has 0 N–H and O–H groups in total. The molecule has 0 atom stereocenters. The number of benzene rings is 2. The number of halogens is 1. The van der Waals surface area contributed by atoms with Gasteiger partial charge in [0.05, 0.1) is 18.2 Å². The van der Waals surface area contributed by atoms with Crippen molar-refractivity contribution in [1.29, 1.82) is 0 Å². The zero-order chi connectivity index (χ0) is 17.8. The largest absolute Gasteiger partial charge is 0.496 e. The number of esters is 1. The standard InChI is InChI=1S/C19H15FO5/c1-23-18-7-6-14(20)9-15(18)16(21)11-25-19(22)13-8-12-4-2-3-5-17(12)24-10-13/h2-9H,10-11H2,1H3. The molecule has 0 unspecified atom stereocenters. The van der Waals surface area contributed by atoms with Crippen molar-refractivity contribution in [3.8, 4) is 11.5 Å². The minimum atomic E-state index is -0.654. The summed E-state index contributed by atoms with van der Waals surface area (Å²) >= 11 is 0. The lowest BCUT2D eigenvalue weighted by molar-refractivity contribution is -0.138. The quantitative estimate of drug-likeness (QED) is 0.617. The van der Waals surface area contributed by atoms with E-state index in [0.717, 1.165) is 11.6 Å². The first-order valence-corrected chi connectivity index (χ1v) is 7.55. The van der Waals surface area contributed by atoms with E-state index in [1.807, 2.05) is 18.2 Å². The Bertz CT molecular complexity index is 857. The third kappa shape index (κ3) is 3.68. The molecular weight excluding hydrogens is 327 g/mol. The van der Waals surface area contributed by atoms with Crippen LogP contribution >= 0.6 is 0 Å². The molecule has 25 heavy (non-hydrogen) atoms. The Balaban J connectivity index is 1.68. The van der Waals surface area contributed by atoms with Crippen LogP contribution < -0.4 is 9.47 Å². The van der Waals surface area contributed by atoms with E-state index in [1.165, 1.54) is 19.2 Å². The molecule has 1 heterocycles. The summed E-state index contributed by atoms with van der Waals surface area (Å²) in [5, 5.41) is 0. The summed E-state index contributed by atoms with van der Waals surface area (Å²) in [4.78, 5) is 24.3. The number of Topliss-reactive ketones (excluding diaryl/α,β-unsaturated/α-hetero) is 1. The molecule has 2 aromatic rings. The van der Waals surface area contributed by atoms with Gasteiger partial charge in [-0.15, -0.1) is 0 Å². The minimum Gasteiger partial charge on any atom is -0.496 e. The molecule has 0 saturated carbocycles. The van der Waals surface area contributed by atoms with Gasteiger partial charge >= 0.3 is 5.97 Å². The van der Waals surface area contributed by atoms with E-state index in [4.69, 9.17) is 14.2 Å². The lowest BCUT2D eigenvalue weighted by Crippen LogP contribution is -2.20. The summed E-state index contributed by atoms with van der Waals surface area (Å²) in [5.41, 5.74) is 1.09. The van der Waals surface area contributed by atoms with Crippen molar-refractivity contribution in [3.05, 3.63) is 65.0 Å². The monoisotopic (exact) mass is 342 g/mol. The predicted octanol–water partition coefficient (Wildman–Crippen LogP) is 3.04. The Morgan fingerprint density at radius 1 is 1.20 bits per heavy atom. The summed E-state index contributed by atoms with van der Waals surface area (Å²) in [5.74, 6) is -0.882. The van der Waals surface area contributed by atoms with Gasteiger partial charge in [0.1, 0.15) is 23.9 Å². The topological polar surface area (TPSA) is 61.8 Å². The van der Waals surface area contributed by atoms with Crippen LogP contribution in [0.4, 0.5) is 4.39 Å². The Morgan fingerprint density at radius 2 is 2.00 bits per heavy atom. The van der Waals surface area contributed by atoms with E-state index in [1.54, 1.807) is 12.1 Å². The summed E-state index contributed by atoms with van der Waals surface area (Å²) < 4.78 is 28.9. The molecule has 0 aliphatic carbocycles. The number of rotatable bonds is 5. The van der Waals surface area contributed by atoms with Crippen LogP contribution in [0.1, 0.15) is 15.9 Å². The maximum Gasteiger partial charge on any atom is 0.337 e. The van der Waals surface area contributed by atoms with Gasteiger partial charge in [0.15, 0.2) is 6.61 Å². The Hall–Kier alpha value is -3.15. The fourth-order valence-corrected chi connectivity index (χ4v) is 2.43. The first-order chi connectivity index (χ1) is 12.1. The van der Waals surface area contributed by atoms with Gasteiger partial charge in [-0.05, 0) is 30.3 Å². The highest BCUT2D eigenvalue weighted by atomic mass is 19.1. The van der Waals surface area contributed by atoms with Gasteiger partial charge in [-0.3, -0.25) is 4.79 Å². The molecule has 0 aromatic heterocycles. The minimum absolute atomic E-state index is 0.0227. The van der Waals surface area contributed by atoms with Crippen molar-refractivity contribution in [1.82, 2.24) is 0 Å². The van der Waals surface area contributed by atoms with Gasteiger partial charge < -0.3 is 14.2 Å². The summed E-state index contributed by atoms with van der Waals surface area (Å²) in [6, 6.07) is 10.8. The number of ether oxygens (including phenoxy) is 3. The van der Waals surface area contributed by atoms with E-state index in [2.05, 4.69) is 0 Å². The lowest BCUT2D eigenvalue weighted by atomic mass is 10.1. The average Bonchev–Trinajstić information content (AvgIpc) is 2.65. The van der Waals surface area contributed by atoms with Crippen LogP contribution in [-0.2, 0) is 9.53 Å². The zero-order valence-corrected chi connectivity index (χ0v) is 13.5. The Kier molecular flexibility index (Phi) is 4.79.